The first kappa shape index (κ1) is 14.0. The third-order valence-electron chi connectivity index (χ3n) is 3.29. The fourth-order valence-corrected chi connectivity index (χ4v) is 4.65. The van der Waals surface area contributed by atoms with Gasteiger partial charge < -0.3 is 5.32 Å². The summed E-state index contributed by atoms with van der Waals surface area (Å²) < 4.78 is 27.1. The van der Waals surface area contributed by atoms with E-state index < -0.39 is 10.0 Å². The Morgan fingerprint density at radius 3 is 2.72 bits per heavy atom. The third kappa shape index (κ3) is 2.61. The standard InChI is InChI=1S/C12H17BrN2O2S/c1-9-3-4-12(11(13)7-9)18(16,17)15(2)10-5-6-14-8-10/h3-4,7,10,14H,5-6,8H2,1-2H3/t10-/m0/s1. The quantitative estimate of drug-likeness (QED) is 0.917. The van der Waals surface area contributed by atoms with E-state index >= 15 is 0 Å². The minimum absolute atomic E-state index is 0.0446. The van der Waals surface area contributed by atoms with Crippen molar-refractivity contribution in [2.45, 2.75) is 24.3 Å². The summed E-state index contributed by atoms with van der Waals surface area (Å²) >= 11 is 3.34. The van der Waals surface area contributed by atoms with Crippen molar-refractivity contribution in [1.29, 1.82) is 0 Å². The maximum atomic E-state index is 12.5. The van der Waals surface area contributed by atoms with Crippen molar-refractivity contribution in [2.24, 2.45) is 0 Å². The number of benzene rings is 1. The summed E-state index contributed by atoms with van der Waals surface area (Å²) in [6.07, 6.45) is 0.860. The average Bonchev–Trinajstić information content (AvgIpc) is 2.80. The van der Waals surface area contributed by atoms with Crippen LogP contribution in [0.5, 0.6) is 0 Å². The van der Waals surface area contributed by atoms with Gasteiger partial charge in [0.2, 0.25) is 10.0 Å². The van der Waals surface area contributed by atoms with Crippen molar-refractivity contribution in [3.8, 4) is 0 Å². The molecule has 1 aliphatic rings. The molecule has 18 heavy (non-hydrogen) atoms. The van der Waals surface area contributed by atoms with Crippen LogP contribution in [0.4, 0.5) is 0 Å². The number of hydrogen-bond acceptors (Lipinski definition) is 3. The lowest BCUT2D eigenvalue weighted by Gasteiger charge is -2.23. The second-order valence-electron chi connectivity index (χ2n) is 4.60. The zero-order chi connectivity index (χ0) is 13.3. The van der Waals surface area contributed by atoms with Crippen molar-refractivity contribution >= 4 is 26.0 Å². The molecule has 0 saturated carbocycles. The third-order valence-corrected chi connectivity index (χ3v) is 6.18. The van der Waals surface area contributed by atoms with Gasteiger partial charge in [-0.05, 0) is 53.5 Å². The van der Waals surface area contributed by atoms with E-state index in [1.807, 2.05) is 19.1 Å². The van der Waals surface area contributed by atoms with Crippen LogP contribution in [0.25, 0.3) is 0 Å². The molecule has 100 valence electrons. The van der Waals surface area contributed by atoms with E-state index in [0.717, 1.165) is 25.1 Å². The molecule has 1 aliphatic heterocycles. The van der Waals surface area contributed by atoms with E-state index in [1.165, 1.54) is 4.31 Å². The van der Waals surface area contributed by atoms with E-state index in [4.69, 9.17) is 0 Å². The number of likely N-dealkylation sites (N-methyl/N-ethyl adjacent to an activating group) is 1. The molecule has 0 spiro atoms. The van der Waals surface area contributed by atoms with Crippen LogP contribution in [-0.4, -0.2) is 38.9 Å². The predicted molar refractivity (Wildman–Crippen MR) is 75.1 cm³/mol. The highest BCUT2D eigenvalue weighted by Crippen LogP contribution is 2.27. The Balaban J connectivity index is 2.35. The Bertz CT molecular complexity index is 539. The van der Waals surface area contributed by atoms with Crippen molar-refractivity contribution in [1.82, 2.24) is 9.62 Å². The Morgan fingerprint density at radius 1 is 1.44 bits per heavy atom. The molecule has 6 heteroatoms. The first-order valence-electron chi connectivity index (χ1n) is 5.88. The zero-order valence-corrected chi connectivity index (χ0v) is 12.9. The van der Waals surface area contributed by atoms with E-state index in [9.17, 15) is 8.42 Å². The van der Waals surface area contributed by atoms with Gasteiger partial charge in [-0.3, -0.25) is 0 Å². The van der Waals surface area contributed by atoms with Crippen LogP contribution in [-0.2, 0) is 10.0 Å². The molecular weight excluding hydrogens is 316 g/mol. The molecule has 1 heterocycles. The number of halogens is 1. The van der Waals surface area contributed by atoms with Gasteiger partial charge in [0.1, 0.15) is 0 Å². The predicted octanol–water partition coefficient (Wildman–Crippen LogP) is 1.74. The van der Waals surface area contributed by atoms with Crippen LogP contribution in [0.3, 0.4) is 0 Å². The van der Waals surface area contributed by atoms with Crippen molar-refractivity contribution in [3.05, 3.63) is 28.2 Å². The van der Waals surface area contributed by atoms with E-state index in [1.54, 1.807) is 13.1 Å². The van der Waals surface area contributed by atoms with E-state index in [2.05, 4.69) is 21.2 Å². The maximum absolute atomic E-state index is 12.5. The zero-order valence-electron chi connectivity index (χ0n) is 10.5. The molecule has 2 rings (SSSR count). The molecule has 4 nitrogen and oxygen atoms in total. The summed E-state index contributed by atoms with van der Waals surface area (Å²) in [5.41, 5.74) is 1.03. The lowest BCUT2D eigenvalue weighted by atomic mass is 10.2. The van der Waals surface area contributed by atoms with Crippen molar-refractivity contribution in [3.63, 3.8) is 0 Å². The fourth-order valence-electron chi connectivity index (χ4n) is 2.12. The van der Waals surface area contributed by atoms with Gasteiger partial charge in [0.05, 0.1) is 4.90 Å². The Labute approximate surface area is 117 Å². The normalized spacial score (nSPS) is 20.6. The number of aryl methyl sites for hydroxylation is 1. The van der Waals surface area contributed by atoms with E-state index in [-0.39, 0.29) is 6.04 Å². The highest BCUT2D eigenvalue weighted by atomic mass is 79.9. The molecular formula is C12H17BrN2O2S. The van der Waals surface area contributed by atoms with Crippen LogP contribution >= 0.6 is 15.9 Å². The van der Waals surface area contributed by atoms with Crippen LogP contribution < -0.4 is 5.32 Å². The van der Waals surface area contributed by atoms with Crippen LogP contribution in [0.1, 0.15) is 12.0 Å². The van der Waals surface area contributed by atoms with Crippen LogP contribution in [0.2, 0.25) is 0 Å². The van der Waals surface area contributed by atoms with E-state index in [0.29, 0.717) is 9.37 Å². The number of nitrogens with zero attached hydrogens (tertiary/aromatic N) is 1. The van der Waals surface area contributed by atoms with Gasteiger partial charge in [-0.15, -0.1) is 0 Å². The summed E-state index contributed by atoms with van der Waals surface area (Å²) in [5.74, 6) is 0. The molecule has 0 bridgehead atoms. The van der Waals surface area contributed by atoms with Crippen LogP contribution in [0, 0.1) is 6.92 Å². The summed E-state index contributed by atoms with van der Waals surface area (Å²) in [6.45, 7) is 3.53. The highest BCUT2D eigenvalue weighted by molar-refractivity contribution is 9.10. The molecule has 0 amide bonds. The van der Waals surface area contributed by atoms with Gasteiger partial charge in [-0.25, -0.2) is 8.42 Å². The minimum atomic E-state index is -3.42. The van der Waals surface area contributed by atoms with Gasteiger partial charge in [-0.1, -0.05) is 6.07 Å². The average molecular weight is 333 g/mol. The Kier molecular flexibility index (Phi) is 4.11. The van der Waals surface area contributed by atoms with Crippen molar-refractivity contribution in [2.75, 3.05) is 20.1 Å². The Morgan fingerprint density at radius 2 is 2.17 bits per heavy atom. The van der Waals surface area contributed by atoms with Crippen LogP contribution in [0.15, 0.2) is 27.6 Å². The second kappa shape index (κ2) is 5.28. The molecule has 0 unspecified atom stereocenters. The first-order chi connectivity index (χ1) is 8.43. The molecule has 1 aromatic rings. The van der Waals surface area contributed by atoms with Gasteiger partial charge >= 0.3 is 0 Å². The highest BCUT2D eigenvalue weighted by Gasteiger charge is 2.31. The molecule has 1 saturated heterocycles. The molecule has 1 atom stereocenters. The summed E-state index contributed by atoms with van der Waals surface area (Å²) in [5, 5.41) is 3.18. The molecule has 1 fully saturated rings. The number of hydrogen-bond donors (Lipinski definition) is 1. The van der Waals surface area contributed by atoms with Gasteiger partial charge in [0.25, 0.3) is 0 Å². The molecule has 0 aromatic heterocycles. The largest absolute Gasteiger partial charge is 0.315 e. The molecule has 1 N–H and O–H groups in total. The fraction of sp³-hybridized carbons (Fsp3) is 0.500. The van der Waals surface area contributed by atoms with Gasteiger partial charge in [0, 0.05) is 24.1 Å². The molecule has 0 aliphatic carbocycles. The first-order valence-corrected chi connectivity index (χ1v) is 8.11. The molecule has 1 aromatic carbocycles. The monoisotopic (exact) mass is 332 g/mol. The Hall–Kier alpha value is -0.430. The minimum Gasteiger partial charge on any atom is -0.315 e. The smallest absolute Gasteiger partial charge is 0.244 e. The molecule has 0 radical (unpaired) electrons. The number of sulfonamides is 1. The summed E-state index contributed by atoms with van der Waals surface area (Å²) in [4.78, 5) is 0.336. The SMILES string of the molecule is Cc1ccc(S(=O)(=O)N(C)[C@H]2CCNC2)c(Br)c1. The lowest BCUT2D eigenvalue weighted by Crippen LogP contribution is -2.38. The number of rotatable bonds is 3. The topological polar surface area (TPSA) is 49.4 Å². The summed E-state index contributed by atoms with van der Waals surface area (Å²) in [7, 11) is -1.77. The maximum Gasteiger partial charge on any atom is 0.244 e. The van der Waals surface area contributed by atoms with Gasteiger partial charge in [-0.2, -0.15) is 4.31 Å². The van der Waals surface area contributed by atoms with Gasteiger partial charge in [0.15, 0.2) is 0 Å². The lowest BCUT2D eigenvalue weighted by molar-refractivity contribution is 0.387. The van der Waals surface area contributed by atoms with Crippen molar-refractivity contribution < 1.29 is 8.42 Å². The second-order valence-corrected chi connectivity index (χ2v) is 7.42. The summed E-state index contributed by atoms with van der Waals surface area (Å²) in [6, 6.07) is 5.35. The number of nitrogens with one attached hydrogen (secondary N) is 1.